The zero-order chi connectivity index (χ0) is 14.7. The fraction of sp³-hybridized carbons (Fsp3) is 0.500. The van der Waals surface area contributed by atoms with Crippen LogP contribution in [0.1, 0.15) is 31.4 Å². The molecule has 2 rings (SSSR count). The predicted octanol–water partition coefficient (Wildman–Crippen LogP) is 2.68. The van der Waals surface area contributed by atoms with E-state index in [1.54, 1.807) is 12.1 Å². The summed E-state index contributed by atoms with van der Waals surface area (Å²) in [6.07, 6.45) is 1.09. The largest absolute Gasteiger partial charge is 0.364 e. The summed E-state index contributed by atoms with van der Waals surface area (Å²) in [5.41, 5.74) is 6.37. The summed E-state index contributed by atoms with van der Waals surface area (Å²) in [7, 11) is 0. The minimum atomic E-state index is -0.419. The number of amides is 1. The van der Waals surface area contributed by atoms with Crippen LogP contribution in [0.4, 0.5) is 0 Å². The lowest BCUT2D eigenvalue weighted by atomic mass is 10.1. The lowest BCUT2D eigenvalue weighted by molar-refractivity contribution is -0.132. The Labute approximate surface area is 128 Å². The Morgan fingerprint density at radius 2 is 2.25 bits per heavy atom. The SMILES string of the molecule is CC(NC(=O)C1CCC(CN)O1)c1ccc(Cl)cc1Cl. The summed E-state index contributed by atoms with van der Waals surface area (Å²) < 4.78 is 5.57. The van der Waals surface area contributed by atoms with Gasteiger partial charge in [0.1, 0.15) is 6.10 Å². The van der Waals surface area contributed by atoms with E-state index in [1.807, 2.05) is 13.0 Å². The average molecular weight is 317 g/mol. The number of carbonyl (C=O) groups excluding carboxylic acids is 1. The topological polar surface area (TPSA) is 64.4 Å². The maximum absolute atomic E-state index is 12.1. The van der Waals surface area contributed by atoms with Crippen molar-refractivity contribution in [1.29, 1.82) is 0 Å². The van der Waals surface area contributed by atoms with E-state index in [2.05, 4.69) is 5.32 Å². The highest BCUT2D eigenvalue weighted by Gasteiger charge is 2.30. The van der Waals surface area contributed by atoms with Gasteiger partial charge in [0.25, 0.3) is 0 Å². The molecule has 1 aliphatic heterocycles. The van der Waals surface area contributed by atoms with Gasteiger partial charge in [0, 0.05) is 16.6 Å². The van der Waals surface area contributed by atoms with Crippen LogP contribution < -0.4 is 11.1 Å². The van der Waals surface area contributed by atoms with Crippen molar-refractivity contribution in [3.8, 4) is 0 Å². The monoisotopic (exact) mass is 316 g/mol. The third-order valence-corrected chi connectivity index (χ3v) is 4.01. The average Bonchev–Trinajstić information content (AvgIpc) is 2.87. The first-order chi connectivity index (χ1) is 9.51. The molecule has 1 fully saturated rings. The number of carbonyl (C=O) groups is 1. The Hall–Kier alpha value is -0.810. The minimum absolute atomic E-state index is 0.0137. The Bertz CT molecular complexity index is 496. The third-order valence-electron chi connectivity index (χ3n) is 3.45. The van der Waals surface area contributed by atoms with Crippen molar-refractivity contribution in [1.82, 2.24) is 5.32 Å². The fourth-order valence-corrected chi connectivity index (χ4v) is 2.88. The molecule has 3 unspecified atom stereocenters. The Morgan fingerprint density at radius 3 is 2.85 bits per heavy atom. The summed E-state index contributed by atoms with van der Waals surface area (Å²) in [5, 5.41) is 4.02. The Balaban J connectivity index is 1.97. The van der Waals surface area contributed by atoms with Gasteiger partial charge < -0.3 is 15.8 Å². The molecule has 0 spiro atoms. The maximum atomic E-state index is 12.1. The van der Waals surface area contributed by atoms with Gasteiger partial charge in [-0.25, -0.2) is 0 Å². The van der Waals surface area contributed by atoms with Gasteiger partial charge in [-0.05, 0) is 37.5 Å². The van der Waals surface area contributed by atoms with Crippen molar-refractivity contribution in [2.45, 2.75) is 38.0 Å². The van der Waals surface area contributed by atoms with Gasteiger partial charge in [0.2, 0.25) is 5.91 Å². The van der Waals surface area contributed by atoms with Gasteiger partial charge >= 0.3 is 0 Å². The molecule has 0 bridgehead atoms. The zero-order valence-electron chi connectivity index (χ0n) is 11.2. The summed E-state index contributed by atoms with van der Waals surface area (Å²) in [4.78, 5) is 12.1. The quantitative estimate of drug-likeness (QED) is 0.897. The smallest absolute Gasteiger partial charge is 0.249 e. The molecule has 1 aromatic rings. The van der Waals surface area contributed by atoms with Crippen LogP contribution in [0.3, 0.4) is 0 Å². The lowest BCUT2D eigenvalue weighted by Gasteiger charge is -2.19. The zero-order valence-corrected chi connectivity index (χ0v) is 12.7. The van der Waals surface area contributed by atoms with E-state index in [9.17, 15) is 4.79 Å². The summed E-state index contributed by atoms with van der Waals surface area (Å²) >= 11 is 12.0. The summed E-state index contributed by atoms with van der Waals surface area (Å²) in [6.45, 7) is 2.32. The summed E-state index contributed by atoms with van der Waals surface area (Å²) in [5.74, 6) is -0.125. The Morgan fingerprint density at radius 1 is 1.50 bits per heavy atom. The van der Waals surface area contributed by atoms with Crippen molar-refractivity contribution in [2.24, 2.45) is 5.73 Å². The molecule has 3 atom stereocenters. The number of nitrogens with one attached hydrogen (secondary N) is 1. The van der Waals surface area contributed by atoms with Crippen LogP contribution in [-0.2, 0) is 9.53 Å². The molecule has 0 radical (unpaired) electrons. The van der Waals surface area contributed by atoms with Gasteiger partial charge in [0.05, 0.1) is 12.1 Å². The number of hydrogen-bond acceptors (Lipinski definition) is 3. The molecular weight excluding hydrogens is 299 g/mol. The van der Waals surface area contributed by atoms with Crippen molar-refractivity contribution >= 4 is 29.1 Å². The van der Waals surface area contributed by atoms with Gasteiger partial charge in [-0.2, -0.15) is 0 Å². The number of hydrogen-bond donors (Lipinski definition) is 2. The molecular formula is C14H18Cl2N2O2. The first-order valence-corrected chi connectivity index (χ1v) is 7.37. The van der Waals surface area contributed by atoms with Crippen LogP contribution in [0.15, 0.2) is 18.2 Å². The second-order valence-electron chi connectivity index (χ2n) is 4.96. The highest BCUT2D eigenvalue weighted by atomic mass is 35.5. The highest BCUT2D eigenvalue weighted by Crippen LogP contribution is 2.27. The second-order valence-corrected chi connectivity index (χ2v) is 5.80. The Kier molecular flexibility index (Phi) is 5.27. The van der Waals surface area contributed by atoms with Crippen LogP contribution in [0.2, 0.25) is 10.0 Å². The molecule has 110 valence electrons. The number of ether oxygens (including phenoxy) is 1. The molecule has 0 saturated carbocycles. The number of halogens is 2. The molecule has 20 heavy (non-hydrogen) atoms. The molecule has 6 heteroatoms. The molecule has 1 aromatic carbocycles. The van der Waals surface area contributed by atoms with Crippen LogP contribution >= 0.6 is 23.2 Å². The molecule has 1 heterocycles. The van der Waals surface area contributed by atoms with Crippen LogP contribution in [0, 0.1) is 0 Å². The standard InChI is InChI=1S/C14H18Cl2N2O2/c1-8(11-4-2-9(15)6-12(11)16)18-14(19)13-5-3-10(7-17)20-13/h2,4,6,8,10,13H,3,5,7,17H2,1H3,(H,18,19). The fourth-order valence-electron chi connectivity index (χ4n) is 2.31. The summed E-state index contributed by atoms with van der Waals surface area (Å²) in [6, 6.07) is 5.03. The van der Waals surface area contributed by atoms with E-state index in [0.717, 1.165) is 12.0 Å². The van der Waals surface area contributed by atoms with Crippen LogP contribution in [0.25, 0.3) is 0 Å². The molecule has 3 N–H and O–H groups in total. The third kappa shape index (κ3) is 3.64. The van der Waals surface area contributed by atoms with Gasteiger partial charge in [0.15, 0.2) is 0 Å². The van der Waals surface area contributed by atoms with Gasteiger partial charge in [-0.1, -0.05) is 29.3 Å². The van der Waals surface area contributed by atoms with Crippen LogP contribution in [-0.4, -0.2) is 24.7 Å². The van der Waals surface area contributed by atoms with Gasteiger partial charge in [-0.15, -0.1) is 0 Å². The normalized spacial score (nSPS) is 23.6. The van der Waals surface area contributed by atoms with Crippen LogP contribution in [0.5, 0.6) is 0 Å². The first kappa shape index (κ1) is 15.6. The molecule has 1 amide bonds. The number of rotatable bonds is 4. The lowest BCUT2D eigenvalue weighted by Crippen LogP contribution is -2.37. The van der Waals surface area contributed by atoms with Crippen molar-refractivity contribution < 1.29 is 9.53 Å². The van der Waals surface area contributed by atoms with E-state index < -0.39 is 6.10 Å². The molecule has 0 aromatic heterocycles. The van der Waals surface area contributed by atoms with Crippen molar-refractivity contribution in [3.63, 3.8) is 0 Å². The molecule has 0 aliphatic carbocycles. The van der Waals surface area contributed by atoms with Gasteiger partial charge in [-0.3, -0.25) is 4.79 Å². The second kappa shape index (κ2) is 6.76. The maximum Gasteiger partial charge on any atom is 0.249 e. The number of benzene rings is 1. The van der Waals surface area contributed by atoms with E-state index in [1.165, 1.54) is 0 Å². The first-order valence-electron chi connectivity index (χ1n) is 6.62. The van der Waals surface area contributed by atoms with E-state index >= 15 is 0 Å². The minimum Gasteiger partial charge on any atom is -0.364 e. The number of nitrogens with two attached hydrogens (primary N) is 1. The van der Waals surface area contributed by atoms with Crippen molar-refractivity contribution in [2.75, 3.05) is 6.54 Å². The van der Waals surface area contributed by atoms with E-state index in [4.69, 9.17) is 33.7 Å². The highest BCUT2D eigenvalue weighted by molar-refractivity contribution is 6.35. The molecule has 4 nitrogen and oxygen atoms in total. The molecule has 1 saturated heterocycles. The molecule has 1 aliphatic rings. The predicted molar refractivity (Wildman–Crippen MR) is 80.0 cm³/mol. The van der Waals surface area contributed by atoms with Crippen molar-refractivity contribution in [3.05, 3.63) is 33.8 Å². The van der Waals surface area contributed by atoms with E-state index in [-0.39, 0.29) is 18.1 Å². The van der Waals surface area contributed by atoms with E-state index in [0.29, 0.717) is 23.0 Å².